The van der Waals surface area contributed by atoms with Crippen LogP contribution in [0.1, 0.15) is 25.6 Å². The van der Waals surface area contributed by atoms with Crippen LogP contribution in [0.3, 0.4) is 0 Å². The molecule has 1 heterocycles. The number of aryl methyl sites for hydroxylation is 1. The third-order valence-corrected chi connectivity index (χ3v) is 2.12. The molecule has 3 nitrogen and oxygen atoms in total. The third-order valence-electron chi connectivity index (χ3n) is 1.93. The van der Waals surface area contributed by atoms with Crippen LogP contribution in [-0.4, -0.2) is 22.7 Å². The number of rotatable bonds is 5. The summed E-state index contributed by atoms with van der Waals surface area (Å²) in [5.74, 6) is 0.868. The molecule has 0 aliphatic rings. The number of hydrogen-bond donors (Lipinski definition) is 1. The van der Waals surface area contributed by atoms with Crippen LogP contribution in [0.2, 0.25) is 5.15 Å². The summed E-state index contributed by atoms with van der Waals surface area (Å²) >= 11 is 5.74. The van der Waals surface area contributed by atoms with Gasteiger partial charge in [0.05, 0.1) is 6.42 Å². The van der Waals surface area contributed by atoms with Crippen LogP contribution in [-0.2, 0) is 6.42 Å². The molecule has 0 atom stereocenters. The largest absolute Gasteiger partial charge is 0.390 e. The third kappa shape index (κ3) is 5.72. The molecule has 1 aromatic heterocycles. The fraction of sp³-hybridized carbons (Fsp3) is 0.600. The molecule has 0 saturated carbocycles. The summed E-state index contributed by atoms with van der Waals surface area (Å²) < 4.78 is 35.8. The molecule has 0 unspecified atom stereocenters. The van der Waals surface area contributed by atoms with Gasteiger partial charge in [-0.2, -0.15) is 13.2 Å². The van der Waals surface area contributed by atoms with Crippen molar-refractivity contribution in [2.75, 3.05) is 11.9 Å². The number of halogens is 4. The summed E-state index contributed by atoms with van der Waals surface area (Å²) in [7, 11) is 0. The normalized spacial score (nSPS) is 11.6. The summed E-state index contributed by atoms with van der Waals surface area (Å²) in [5.41, 5.74) is 0. The maximum atomic E-state index is 11.9. The Morgan fingerprint density at radius 3 is 2.65 bits per heavy atom. The molecule has 7 heteroatoms. The fourth-order valence-electron chi connectivity index (χ4n) is 1.22. The fourth-order valence-corrected chi connectivity index (χ4v) is 1.42. The van der Waals surface area contributed by atoms with Crippen molar-refractivity contribution >= 4 is 17.4 Å². The van der Waals surface area contributed by atoms with Crippen molar-refractivity contribution in [2.24, 2.45) is 0 Å². The minimum atomic E-state index is -4.17. The van der Waals surface area contributed by atoms with Crippen molar-refractivity contribution in [3.8, 4) is 0 Å². The Balaban J connectivity index is 2.58. The molecular weight excluding hydrogens is 255 g/mol. The molecule has 0 aliphatic heterocycles. The minimum absolute atomic E-state index is 0.220. The molecule has 0 bridgehead atoms. The number of anilines is 1. The Bertz CT molecular complexity index is 368. The molecule has 0 fully saturated rings. The van der Waals surface area contributed by atoms with Crippen LogP contribution in [0.15, 0.2) is 6.07 Å². The number of nitrogens with one attached hydrogen (secondary N) is 1. The van der Waals surface area contributed by atoms with E-state index in [1.165, 1.54) is 6.07 Å². The molecule has 0 radical (unpaired) electrons. The van der Waals surface area contributed by atoms with Gasteiger partial charge in [0.15, 0.2) is 0 Å². The first-order valence-corrected chi connectivity index (χ1v) is 5.62. The second-order valence-corrected chi connectivity index (χ2v) is 3.92. The summed E-state index contributed by atoms with van der Waals surface area (Å²) in [4.78, 5) is 8.04. The van der Waals surface area contributed by atoms with Crippen LogP contribution >= 0.6 is 11.6 Å². The second kappa shape index (κ2) is 6.05. The molecule has 1 N–H and O–H groups in total. The molecular formula is C10H13ClF3N3. The van der Waals surface area contributed by atoms with Gasteiger partial charge >= 0.3 is 6.18 Å². The van der Waals surface area contributed by atoms with E-state index in [1.54, 1.807) is 0 Å². The first-order valence-electron chi connectivity index (χ1n) is 5.25. The van der Waals surface area contributed by atoms with E-state index in [9.17, 15) is 13.2 Å². The topological polar surface area (TPSA) is 37.8 Å². The van der Waals surface area contributed by atoms with E-state index >= 15 is 0 Å². The highest BCUT2D eigenvalue weighted by molar-refractivity contribution is 6.29. The number of nitrogens with zero attached hydrogens (tertiary/aromatic N) is 2. The Morgan fingerprint density at radius 2 is 2.06 bits per heavy atom. The maximum absolute atomic E-state index is 11.9. The van der Waals surface area contributed by atoms with E-state index < -0.39 is 12.6 Å². The first-order chi connectivity index (χ1) is 7.90. The maximum Gasteiger partial charge on any atom is 0.390 e. The van der Waals surface area contributed by atoms with Crippen molar-refractivity contribution in [1.82, 2.24) is 9.97 Å². The van der Waals surface area contributed by atoms with Crippen LogP contribution in [0.4, 0.5) is 19.0 Å². The highest BCUT2D eigenvalue weighted by atomic mass is 35.5. The summed E-state index contributed by atoms with van der Waals surface area (Å²) in [6.07, 6.45) is -3.58. The van der Waals surface area contributed by atoms with Crippen LogP contribution in [0.25, 0.3) is 0 Å². The summed E-state index contributed by atoms with van der Waals surface area (Å²) in [5, 5.41) is 2.82. The van der Waals surface area contributed by atoms with E-state index in [2.05, 4.69) is 15.3 Å². The smallest absolute Gasteiger partial charge is 0.370 e. The van der Waals surface area contributed by atoms with Gasteiger partial charge in [0.25, 0.3) is 0 Å². The Labute approximate surface area is 102 Å². The molecule has 1 rings (SSSR count). The van der Waals surface area contributed by atoms with E-state index in [4.69, 9.17) is 11.6 Å². The summed E-state index contributed by atoms with van der Waals surface area (Å²) in [6, 6.07) is 1.41. The lowest BCUT2D eigenvalue weighted by molar-refractivity contribution is -0.131. The van der Waals surface area contributed by atoms with E-state index in [1.807, 2.05) is 6.92 Å². The molecule has 0 saturated heterocycles. The van der Waals surface area contributed by atoms with Crippen LogP contribution in [0, 0.1) is 0 Å². The minimum Gasteiger partial charge on any atom is -0.370 e. The predicted molar refractivity (Wildman–Crippen MR) is 60.2 cm³/mol. The summed E-state index contributed by atoms with van der Waals surface area (Å²) in [6.45, 7) is 1.74. The average Bonchev–Trinajstić information content (AvgIpc) is 2.15. The molecule has 0 aliphatic carbocycles. The van der Waals surface area contributed by atoms with Gasteiger partial charge in [0.2, 0.25) is 0 Å². The quantitative estimate of drug-likeness (QED) is 0.831. The predicted octanol–water partition coefficient (Wildman–Crippen LogP) is 3.45. The number of hydrogen-bond acceptors (Lipinski definition) is 3. The highest BCUT2D eigenvalue weighted by Gasteiger charge is 2.26. The zero-order valence-corrected chi connectivity index (χ0v) is 10.1. The molecule has 17 heavy (non-hydrogen) atoms. The van der Waals surface area contributed by atoms with E-state index in [0.29, 0.717) is 18.1 Å². The van der Waals surface area contributed by atoms with Gasteiger partial charge in [-0.3, -0.25) is 0 Å². The molecule has 96 valence electrons. The lowest BCUT2D eigenvalue weighted by Gasteiger charge is -2.09. The van der Waals surface area contributed by atoms with Crippen LogP contribution in [0.5, 0.6) is 0 Å². The van der Waals surface area contributed by atoms with Crippen molar-refractivity contribution in [3.63, 3.8) is 0 Å². The molecule has 0 amide bonds. The molecule has 0 spiro atoms. The van der Waals surface area contributed by atoms with Crippen molar-refractivity contribution in [3.05, 3.63) is 17.0 Å². The second-order valence-electron chi connectivity index (χ2n) is 3.53. The van der Waals surface area contributed by atoms with Crippen LogP contribution < -0.4 is 5.32 Å². The van der Waals surface area contributed by atoms with Gasteiger partial charge in [0, 0.05) is 19.0 Å². The standard InChI is InChI=1S/C10H13ClF3N3/c1-2-3-8-16-7(11)6-9(17-8)15-5-4-10(12,13)14/h6H,2-5H2,1H3,(H,15,16,17). The lowest BCUT2D eigenvalue weighted by atomic mass is 10.3. The van der Waals surface area contributed by atoms with Gasteiger partial charge in [0.1, 0.15) is 16.8 Å². The van der Waals surface area contributed by atoms with Crippen molar-refractivity contribution in [2.45, 2.75) is 32.4 Å². The Hall–Kier alpha value is -1.04. The number of alkyl halides is 3. The van der Waals surface area contributed by atoms with E-state index in [0.717, 1.165) is 6.42 Å². The van der Waals surface area contributed by atoms with Gasteiger partial charge in [-0.1, -0.05) is 18.5 Å². The number of aromatic nitrogens is 2. The Morgan fingerprint density at radius 1 is 1.35 bits per heavy atom. The monoisotopic (exact) mass is 267 g/mol. The van der Waals surface area contributed by atoms with Gasteiger partial charge < -0.3 is 5.32 Å². The van der Waals surface area contributed by atoms with Gasteiger partial charge in [-0.05, 0) is 6.42 Å². The van der Waals surface area contributed by atoms with Crippen molar-refractivity contribution < 1.29 is 13.2 Å². The SMILES string of the molecule is CCCc1nc(Cl)cc(NCCC(F)(F)F)n1. The van der Waals surface area contributed by atoms with Crippen molar-refractivity contribution in [1.29, 1.82) is 0 Å². The Kier molecular flexibility index (Phi) is 4.99. The average molecular weight is 268 g/mol. The lowest BCUT2D eigenvalue weighted by Crippen LogP contribution is -2.15. The molecule has 1 aromatic rings. The van der Waals surface area contributed by atoms with Gasteiger partial charge in [-0.25, -0.2) is 9.97 Å². The first kappa shape index (κ1) is 14.0. The van der Waals surface area contributed by atoms with Gasteiger partial charge in [-0.15, -0.1) is 0 Å². The zero-order chi connectivity index (χ0) is 12.9. The molecule has 0 aromatic carbocycles. The van der Waals surface area contributed by atoms with E-state index in [-0.39, 0.29) is 11.7 Å². The zero-order valence-electron chi connectivity index (χ0n) is 9.31. The highest BCUT2D eigenvalue weighted by Crippen LogP contribution is 2.19.